The van der Waals surface area contributed by atoms with Crippen LogP contribution in [-0.2, 0) is 20.7 Å². The minimum absolute atomic E-state index is 0.00785. The van der Waals surface area contributed by atoms with Gasteiger partial charge in [-0.05, 0) is 25.0 Å². The number of esters is 1. The maximum atomic E-state index is 11.5. The van der Waals surface area contributed by atoms with Gasteiger partial charge in [-0.2, -0.15) is 5.26 Å². The van der Waals surface area contributed by atoms with Gasteiger partial charge in [-0.1, -0.05) is 18.2 Å². The van der Waals surface area contributed by atoms with Gasteiger partial charge < -0.3 is 4.74 Å². The molecule has 0 N–H and O–H groups in total. The fourth-order valence-corrected chi connectivity index (χ4v) is 1.88. The molecule has 0 aromatic heterocycles. The summed E-state index contributed by atoms with van der Waals surface area (Å²) in [6.45, 7) is 3.35. The second-order valence-corrected chi connectivity index (χ2v) is 4.38. The SMILES string of the molecule is CCOC(=O)Cc1cccc(C(Cl)C(C)=O)c1C#N. The highest BCUT2D eigenvalue weighted by Crippen LogP contribution is 2.27. The Morgan fingerprint density at radius 3 is 2.68 bits per heavy atom. The van der Waals surface area contributed by atoms with Crippen molar-refractivity contribution in [2.75, 3.05) is 6.61 Å². The van der Waals surface area contributed by atoms with Crippen LogP contribution in [0.25, 0.3) is 0 Å². The van der Waals surface area contributed by atoms with E-state index >= 15 is 0 Å². The number of nitrogens with zero attached hydrogens (tertiary/aromatic N) is 1. The zero-order valence-corrected chi connectivity index (χ0v) is 11.5. The minimum atomic E-state index is -0.878. The van der Waals surface area contributed by atoms with Gasteiger partial charge in [0.25, 0.3) is 0 Å². The molecule has 0 aliphatic heterocycles. The number of carbonyl (C=O) groups is 2. The zero-order chi connectivity index (χ0) is 14.4. The molecule has 0 heterocycles. The number of Topliss-reactive ketones (excluding diaryl/α,β-unsaturated/α-hetero) is 1. The van der Waals surface area contributed by atoms with Gasteiger partial charge in [-0.25, -0.2) is 0 Å². The molecule has 5 heteroatoms. The average molecular weight is 280 g/mol. The Bertz CT molecular complexity index is 534. The van der Waals surface area contributed by atoms with E-state index in [2.05, 4.69) is 0 Å². The van der Waals surface area contributed by atoms with Crippen molar-refractivity contribution < 1.29 is 14.3 Å². The highest BCUT2D eigenvalue weighted by Gasteiger charge is 2.20. The van der Waals surface area contributed by atoms with Gasteiger partial charge in [0, 0.05) is 0 Å². The van der Waals surface area contributed by atoms with Crippen molar-refractivity contribution in [3.8, 4) is 6.07 Å². The van der Waals surface area contributed by atoms with E-state index in [0.717, 1.165) is 0 Å². The summed E-state index contributed by atoms with van der Waals surface area (Å²) in [4.78, 5) is 22.8. The van der Waals surface area contributed by atoms with Crippen molar-refractivity contribution in [2.24, 2.45) is 0 Å². The first-order chi connectivity index (χ1) is 9.01. The lowest BCUT2D eigenvalue weighted by Crippen LogP contribution is -2.11. The third kappa shape index (κ3) is 3.80. The van der Waals surface area contributed by atoms with E-state index in [9.17, 15) is 14.9 Å². The molecule has 4 nitrogen and oxygen atoms in total. The Morgan fingerprint density at radius 2 is 2.16 bits per heavy atom. The molecular formula is C14H14ClNO3. The zero-order valence-electron chi connectivity index (χ0n) is 10.8. The molecule has 0 aliphatic carbocycles. The molecule has 0 fully saturated rings. The number of halogens is 1. The summed E-state index contributed by atoms with van der Waals surface area (Å²) in [5.41, 5.74) is 1.22. The second kappa shape index (κ2) is 6.91. The first-order valence-electron chi connectivity index (χ1n) is 5.83. The molecule has 1 aromatic rings. The maximum absolute atomic E-state index is 11.5. The number of carbonyl (C=O) groups excluding carboxylic acids is 2. The summed E-state index contributed by atoms with van der Waals surface area (Å²) in [6, 6.07) is 6.95. The van der Waals surface area contributed by atoms with Crippen LogP contribution < -0.4 is 0 Å². The van der Waals surface area contributed by atoms with Gasteiger partial charge in [0.2, 0.25) is 0 Å². The Labute approximate surface area is 116 Å². The van der Waals surface area contributed by atoms with Crippen LogP contribution in [0.5, 0.6) is 0 Å². The van der Waals surface area contributed by atoms with Crippen LogP contribution in [0.4, 0.5) is 0 Å². The van der Waals surface area contributed by atoms with E-state index in [0.29, 0.717) is 11.1 Å². The third-order valence-corrected chi connectivity index (χ3v) is 3.11. The number of ketones is 1. The highest BCUT2D eigenvalue weighted by molar-refractivity contribution is 6.31. The van der Waals surface area contributed by atoms with Crippen LogP contribution in [0.2, 0.25) is 0 Å². The molecule has 0 aliphatic rings. The van der Waals surface area contributed by atoms with Crippen LogP contribution in [0, 0.1) is 11.3 Å². The molecule has 1 unspecified atom stereocenters. The molecule has 100 valence electrons. The molecule has 0 saturated carbocycles. The maximum Gasteiger partial charge on any atom is 0.310 e. The fraction of sp³-hybridized carbons (Fsp3) is 0.357. The molecule has 0 bridgehead atoms. The number of ether oxygens (including phenoxy) is 1. The van der Waals surface area contributed by atoms with Crippen molar-refractivity contribution >= 4 is 23.4 Å². The number of nitriles is 1. The Morgan fingerprint density at radius 1 is 1.47 bits per heavy atom. The van der Waals surface area contributed by atoms with Crippen LogP contribution in [0.15, 0.2) is 18.2 Å². The lowest BCUT2D eigenvalue weighted by molar-refractivity contribution is -0.142. The quantitative estimate of drug-likeness (QED) is 0.613. The summed E-state index contributed by atoms with van der Waals surface area (Å²) in [5.74, 6) is -0.656. The molecule has 0 spiro atoms. The van der Waals surface area contributed by atoms with Crippen LogP contribution >= 0.6 is 11.6 Å². The second-order valence-electron chi connectivity index (χ2n) is 3.95. The minimum Gasteiger partial charge on any atom is -0.466 e. The largest absolute Gasteiger partial charge is 0.466 e. The topological polar surface area (TPSA) is 67.2 Å². The number of hydrogen-bond donors (Lipinski definition) is 0. The lowest BCUT2D eigenvalue weighted by atomic mass is 9.96. The number of alkyl halides is 1. The molecule has 0 radical (unpaired) electrons. The first-order valence-corrected chi connectivity index (χ1v) is 6.26. The Balaban J connectivity index is 3.14. The Kier molecular flexibility index (Phi) is 5.53. The van der Waals surface area contributed by atoms with E-state index in [1.165, 1.54) is 6.92 Å². The summed E-state index contributed by atoms with van der Waals surface area (Å²) < 4.78 is 4.84. The summed E-state index contributed by atoms with van der Waals surface area (Å²) >= 11 is 5.98. The van der Waals surface area contributed by atoms with E-state index in [-0.39, 0.29) is 24.4 Å². The van der Waals surface area contributed by atoms with Gasteiger partial charge in [-0.3, -0.25) is 9.59 Å². The predicted molar refractivity (Wildman–Crippen MR) is 70.8 cm³/mol. The van der Waals surface area contributed by atoms with Crippen LogP contribution in [0.3, 0.4) is 0 Å². The van der Waals surface area contributed by atoms with Crippen molar-refractivity contribution in [1.82, 2.24) is 0 Å². The fourth-order valence-electron chi connectivity index (χ4n) is 1.70. The normalized spacial score (nSPS) is 11.5. The molecule has 1 aromatic carbocycles. The van der Waals surface area contributed by atoms with Gasteiger partial charge in [0.05, 0.1) is 24.7 Å². The molecular weight excluding hydrogens is 266 g/mol. The Hall–Kier alpha value is -1.86. The van der Waals surface area contributed by atoms with Gasteiger partial charge in [0.15, 0.2) is 5.78 Å². The van der Waals surface area contributed by atoms with Gasteiger partial charge in [-0.15, -0.1) is 11.6 Å². The summed E-state index contributed by atoms with van der Waals surface area (Å²) in [7, 11) is 0. The molecule has 19 heavy (non-hydrogen) atoms. The third-order valence-electron chi connectivity index (χ3n) is 2.56. The van der Waals surface area contributed by atoms with Crippen molar-refractivity contribution in [2.45, 2.75) is 25.6 Å². The van der Waals surface area contributed by atoms with Crippen LogP contribution in [0.1, 0.15) is 35.9 Å². The van der Waals surface area contributed by atoms with Crippen LogP contribution in [-0.4, -0.2) is 18.4 Å². The molecule has 1 rings (SSSR count). The van der Waals surface area contributed by atoms with E-state index in [1.807, 2.05) is 6.07 Å². The molecule has 1 atom stereocenters. The summed E-state index contributed by atoms with van der Waals surface area (Å²) in [5, 5.41) is 8.32. The van der Waals surface area contributed by atoms with Crippen molar-refractivity contribution in [3.05, 3.63) is 34.9 Å². The average Bonchev–Trinajstić information content (AvgIpc) is 2.37. The smallest absolute Gasteiger partial charge is 0.310 e. The lowest BCUT2D eigenvalue weighted by Gasteiger charge is -2.11. The monoisotopic (exact) mass is 279 g/mol. The van der Waals surface area contributed by atoms with E-state index in [1.54, 1.807) is 25.1 Å². The van der Waals surface area contributed by atoms with E-state index in [4.69, 9.17) is 16.3 Å². The van der Waals surface area contributed by atoms with E-state index < -0.39 is 11.3 Å². The van der Waals surface area contributed by atoms with Crippen molar-refractivity contribution in [1.29, 1.82) is 5.26 Å². The predicted octanol–water partition coefficient (Wildman–Crippen LogP) is 2.53. The number of rotatable bonds is 5. The first kappa shape index (κ1) is 15.2. The summed E-state index contributed by atoms with van der Waals surface area (Å²) in [6.07, 6.45) is -0.00785. The van der Waals surface area contributed by atoms with Gasteiger partial charge in [0.1, 0.15) is 5.38 Å². The van der Waals surface area contributed by atoms with Crippen molar-refractivity contribution in [3.63, 3.8) is 0 Å². The standard InChI is InChI=1S/C14H14ClNO3/c1-3-19-13(18)7-10-5-4-6-11(12(10)8-16)14(15)9(2)17/h4-6,14H,3,7H2,1-2H3. The molecule has 0 saturated heterocycles. The highest BCUT2D eigenvalue weighted by atomic mass is 35.5. The number of hydrogen-bond acceptors (Lipinski definition) is 4. The molecule has 0 amide bonds. The van der Waals surface area contributed by atoms with Gasteiger partial charge >= 0.3 is 5.97 Å². The number of benzene rings is 1.